The molecule has 1 amide bonds. The van der Waals surface area contributed by atoms with E-state index in [1.54, 1.807) is 39.8 Å². The van der Waals surface area contributed by atoms with Gasteiger partial charge in [-0.2, -0.15) is 0 Å². The Bertz CT molecular complexity index is 1720. The van der Waals surface area contributed by atoms with Crippen molar-refractivity contribution >= 4 is 28.3 Å². The number of amides is 1. The Morgan fingerprint density at radius 2 is 1.60 bits per heavy atom. The maximum absolute atomic E-state index is 13.1. The second-order valence-corrected chi connectivity index (χ2v) is 13.6. The number of aliphatic hydroxyl groups is 3. The number of esters is 1. The van der Waals surface area contributed by atoms with Crippen molar-refractivity contribution in [3.8, 4) is 23.0 Å². The zero-order valence-corrected chi connectivity index (χ0v) is 29.8. The summed E-state index contributed by atoms with van der Waals surface area (Å²) in [4.78, 5) is 25.3. The largest absolute Gasteiger partial charge is 0.507 e. The van der Waals surface area contributed by atoms with Crippen molar-refractivity contribution in [1.29, 1.82) is 0 Å². The number of aromatic hydroxyl groups is 3. The highest BCUT2D eigenvalue weighted by atomic mass is 16.7. The number of carbonyl (C=O) groups is 2. The Morgan fingerprint density at radius 1 is 0.940 bits per heavy atom. The Morgan fingerprint density at radius 3 is 2.22 bits per heavy atom. The van der Waals surface area contributed by atoms with Gasteiger partial charge in [-0.3, -0.25) is 9.59 Å². The van der Waals surface area contributed by atoms with Gasteiger partial charge in [0.25, 0.3) is 11.7 Å². The van der Waals surface area contributed by atoms with Crippen LogP contribution in [0, 0.1) is 30.6 Å². The molecule has 7 N–H and O–H groups in total. The monoisotopic (exact) mass is 699 g/mol. The van der Waals surface area contributed by atoms with E-state index in [1.165, 1.54) is 53.2 Å². The Balaban J connectivity index is 1.86. The van der Waals surface area contributed by atoms with Crippen molar-refractivity contribution in [2.75, 3.05) is 12.4 Å². The number of benzene rings is 2. The third-order valence-electron chi connectivity index (χ3n) is 10.0. The fourth-order valence-electron chi connectivity index (χ4n) is 6.80. The van der Waals surface area contributed by atoms with Gasteiger partial charge in [-0.25, -0.2) is 0 Å². The van der Waals surface area contributed by atoms with Crippen molar-refractivity contribution in [3.63, 3.8) is 0 Å². The molecule has 3 aliphatic rings. The van der Waals surface area contributed by atoms with E-state index in [2.05, 4.69) is 5.32 Å². The van der Waals surface area contributed by atoms with Crippen LogP contribution in [0.1, 0.15) is 65.7 Å². The van der Waals surface area contributed by atoms with Crippen LogP contribution in [0.15, 0.2) is 42.2 Å². The normalized spacial score (nSPS) is 34.7. The number of rotatable bonds is 2. The fourth-order valence-corrected chi connectivity index (χ4v) is 6.80. The summed E-state index contributed by atoms with van der Waals surface area (Å²) >= 11 is 0. The number of carbonyl (C=O) groups excluding carboxylic acids is 2. The van der Waals surface area contributed by atoms with Crippen LogP contribution < -0.4 is 10.1 Å². The minimum Gasteiger partial charge on any atom is -0.507 e. The first-order chi connectivity index (χ1) is 23.4. The van der Waals surface area contributed by atoms with E-state index in [9.17, 15) is 40.2 Å². The summed E-state index contributed by atoms with van der Waals surface area (Å²) < 4.78 is 23.4. The predicted octanol–water partition coefficient (Wildman–Crippen LogP) is 4.60. The van der Waals surface area contributed by atoms with Crippen LogP contribution in [-0.4, -0.2) is 79.8 Å². The van der Waals surface area contributed by atoms with Crippen LogP contribution in [0.25, 0.3) is 10.8 Å². The molecule has 2 aromatic rings. The van der Waals surface area contributed by atoms with E-state index < -0.39 is 89.1 Å². The number of nitrogens with one attached hydrogen (secondary N) is 1. The molecule has 3 heterocycles. The Hall–Kier alpha value is -4.30. The van der Waals surface area contributed by atoms with Crippen LogP contribution in [0.4, 0.5) is 5.69 Å². The van der Waals surface area contributed by atoms with Gasteiger partial charge in [-0.1, -0.05) is 45.9 Å². The molecule has 0 spiro atoms. The van der Waals surface area contributed by atoms with E-state index >= 15 is 0 Å². The highest BCUT2D eigenvalue weighted by Crippen LogP contribution is 2.57. The van der Waals surface area contributed by atoms with E-state index in [4.69, 9.17) is 18.9 Å². The van der Waals surface area contributed by atoms with Crippen molar-refractivity contribution in [2.24, 2.45) is 23.7 Å². The molecule has 10 atom stereocenters. The number of hydrogen-bond acceptors (Lipinski definition) is 12. The maximum Gasteiger partial charge on any atom is 0.302 e. The molecule has 0 radical (unpaired) electrons. The number of allylic oxidation sites excluding steroid dienone is 2. The predicted molar refractivity (Wildman–Crippen MR) is 184 cm³/mol. The molecule has 5 rings (SSSR count). The lowest BCUT2D eigenvalue weighted by Crippen LogP contribution is -2.46. The topological polar surface area (TPSA) is 204 Å². The molecule has 0 saturated heterocycles. The van der Waals surface area contributed by atoms with Gasteiger partial charge in [0, 0.05) is 72.8 Å². The van der Waals surface area contributed by atoms with Crippen molar-refractivity contribution < 1.29 is 59.2 Å². The lowest BCUT2D eigenvalue weighted by atomic mass is 9.78. The zero-order chi connectivity index (χ0) is 37.4. The average Bonchev–Trinajstić information content (AvgIpc) is 3.33. The highest BCUT2D eigenvalue weighted by Gasteiger charge is 2.49. The van der Waals surface area contributed by atoms with Gasteiger partial charge >= 0.3 is 5.97 Å². The summed E-state index contributed by atoms with van der Waals surface area (Å²) in [6, 6.07) is 1.10. The molecular formula is C37H49NO12. The Labute approximate surface area is 291 Å². The number of hydrogen-bond donors (Lipinski definition) is 7. The molecular weight excluding hydrogens is 650 g/mol. The van der Waals surface area contributed by atoms with Gasteiger partial charge in [-0.05, 0) is 19.9 Å². The number of methoxy groups -OCH3 is 1. The molecule has 3 aliphatic heterocycles. The van der Waals surface area contributed by atoms with E-state index in [0.29, 0.717) is 0 Å². The first-order valence-corrected chi connectivity index (χ1v) is 16.5. The molecule has 0 saturated carbocycles. The van der Waals surface area contributed by atoms with Gasteiger partial charge in [0.2, 0.25) is 0 Å². The lowest BCUT2D eigenvalue weighted by Gasteiger charge is -2.38. The molecule has 13 nitrogen and oxygen atoms in total. The van der Waals surface area contributed by atoms with Gasteiger partial charge in [0.05, 0.1) is 35.6 Å². The summed E-state index contributed by atoms with van der Waals surface area (Å²) in [5.74, 6) is -6.74. The van der Waals surface area contributed by atoms with Gasteiger partial charge in [-0.15, -0.1) is 0 Å². The third-order valence-corrected chi connectivity index (χ3v) is 10.0. The van der Waals surface area contributed by atoms with Crippen LogP contribution in [0.5, 0.6) is 23.0 Å². The van der Waals surface area contributed by atoms with Crippen LogP contribution in [-0.2, 0) is 23.8 Å². The first kappa shape index (κ1) is 38.5. The molecule has 0 aliphatic carbocycles. The van der Waals surface area contributed by atoms with Gasteiger partial charge < -0.3 is 54.9 Å². The summed E-state index contributed by atoms with van der Waals surface area (Å²) in [7, 11) is 1.45. The average molecular weight is 700 g/mol. The number of anilines is 1. The maximum atomic E-state index is 13.1. The summed E-state index contributed by atoms with van der Waals surface area (Å²) in [6.07, 6.45) is 2.27. The second-order valence-electron chi connectivity index (χ2n) is 13.6. The fraction of sp³-hybridized carbons (Fsp3) is 0.514. The van der Waals surface area contributed by atoms with Gasteiger partial charge in [0.15, 0.2) is 11.9 Å². The number of aliphatic hydroxyl groups excluding tert-OH is 3. The molecule has 274 valence electrons. The molecule has 0 fully saturated rings. The molecule has 13 heteroatoms. The van der Waals surface area contributed by atoms with Crippen LogP contribution in [0.2, 0.25) is 0 Å². The molecule has 0 aromatic heterocycles. The number of ether oxygens (including phenoxy) is 4. The van der Waals surface area contributed by atoms with E-state index in [-0.39, 0.29) is 38.9 Å². The number of phenols is 3. The summed E-state index contributed by atoms with van der Waals surface area (Å²) in [5, 5.41) is 70.0. The standard InChI is InChI=1S/C37H49NO12/c1-16-11-10-12-17(2)36(46)38-23-15-24(40)26-27(32(23)44)31(43)21(6)34-28(26)35(45)37(8,50-34)48-14-13-25(47-9)18(3)33(49-22(7)39)20(5)30(42)19(4)29(16)41/h10-16,18-20,25,29-30,33,35,40-45H,1-9H3,(H,38,46)/b11-10+,14-13+,17-12+/t16-,18+,19+,20+,25-,29-,30+,33+,35+,37-/m0/s1. The van der Waals surface area contributed by atoms with Crippen LogP contribution in [0.3, 0.4) is 0 Å². The van der Waals surface area contributed by atoms with E-state index in [0.717, 1.165) is 6.07 Å². The number of fused-ring (bicyclic) bond motifs is 14. The minimum absolute atomic E-state index is 0.0286. The molecule has 50 heavy (non-hydrogen) atoms. The molecule has 5 bridgehead atoms. The van der Waals surface area contributed by atoms with E-state index in [1.807, 2.05) is 0 Å². The van der Waals surface area contributed by atoms with Crippen molar-refractivity contribution in [2.45, 2.75) is 91.7 Å². The zero-order valence-electron chi connectivity index (χ0n) is 29.8. The first-order valence-electron chi connectivity index (χ1n) is 16.5. The minimum atomic E-state index is -1.79. The second kappa shape index (κ2) is 14.9. The smallest absolute Gasteiger partial charge is 0.302 e. The molecule has 0 unspecified atom stereocenters. The van der Waals surface area contributed by atoms with Crippen molar-refractivity contribution in [3.05, 3.63) is 53.3 Å². The lowest BCUT2D eigenvalue weighted by molar-refractivity contribution is -0.181. The summed E-state index contributed by atoms with van der Waals surface area (Å²) in [5.41, 5.74) is 0.206. The third kappa shape index (κ3) is 7.13. The van der Waals surface area contributed by atoms with Crippen molar-refractivity contribution in [1.82, 2.24) is 0 Å². The highest BCUT2D eigenvalue weighted by molar-refractivity contribution is 6.10. The number of phenolic OH excluding ortho intramolecular Hbond substituents is 3. The SMILES string of the molecule is CO[C@H]1/C=C/O[C@@]2(C)Oc3c(C)c(O)c4c(O)c(cc(O)c4c3[C@H]2O)NC(=O)/C(C)=C/C=C/[C@H](C)[C@H](O)[C@@H](C)[C@@H](O)[C@@H](C)[C@H](OC(C)=O)[C@@H]1C. The summed E-state index contributed by atoms with van der Waals surface area (Å²) in [6.45, 7) is 12.7. The van der Waals surface area contributed by atoms with Crippen LogP contribution >= 0.6 is 0 Å². The molecule has 2 aromatic carbocycles. The van der Waals surface area contributed by atoms with Gasteiger partial charge in [0.1, 0.15) is 23.4 Å². The quantitative estimate of drug-likeness (QED) is 0.131. The Kier molecular flexibility index (Phi) is 11.5.